The molecule has 2 heteroatoms. The van der Waals surface area contributed by atoms with E-state index in [0.717, 1.165) is 19.5 Å². The Hall–Kier alpha value is -1.12. The van der Waals surface area contributed by atoms with Gasteiger partial charge in [-0.1, -0.05) is 41.5 Å². The Labute approximate surface area is 110 Å². The molecule has 1 aromatic rings. The molecule has 0 spiro atoms. The minimum Gasteiger partial charge on any atom is -0.326 e. The molecule has 0 bridgehead atoms. The first-order chi connectivity index (χ1) is 8.58. The van der Waals surface area contributed by atoms with E-state index in [0.29, 0.717) is 6.04 Å². The van der Waals surface area contributed by atoms with E-state index in [1.807, 2.05) is 0 Å². The summed E-state index contributed by atoms with van der Waals surface area (Å²) in [6, 6.07) is 9.27. The number of benzene rings is 1. The van der Waals surface area contributed by atoms with Gasteiger partial charge in [0.05, 0.1) is 0 Å². The molecule has 0 saturated heterocycles. The summed E-state index contributed by atoms with van der Waals surface area (Å²) in [5, 5.41) is 0. The first-order valence-corrected chi connectivity index (χ1v) is 6.80. The lowest BCUT2D eigenvalue weighted by molar-refractivity contribution is 0.190. The SMILES string of the molecule is CC1=CCN(C(c2ccc(C)cc2)C(C)N)CC1. The fraction of sp³-hybridized carbons (Fsp3) is 0.500. The zero-order chi connectivity index (χ0) is 13.1. The highest BCUT2D eigenvalue weighted by Crippen LogP contribution is 2.26. The summed E-state index contributed by atoms with van der Waals surface area (Å²) >= 11 is 0. The van der Waals surface area contributed by atoms with Crippen LogP contribution < -0.4 is 5.73 Å². The highest BCUT2D eigenvalue weighted by Gasteiger charge is 2.24. The molecule has 1 aliphatic rings. The molecule has 2 atom stereocenters. The summed E-state index contributed by atoms with van der Waals surface area (Å²) < 4.78 is 0. The zero-order valence-corrected chi connectivity index (χ0v) is 11.7. The van der Waals surface area contributed by atoms with Crippen LogP contribution >= 0.6 is 0 Å². The number of nitrogens with two attached hydrogens (primary N) is 1. The Balaban J connectivity index is 2.21. The van der Waals surface area contributed by atoms with Crippen molar-refractivity contribution in [3.63, 3.8) is 0 Å². The highest BCUT2D eigenvalue weighted by atomic mass is 15.2. The van der Waals surface area contributed by atoms with Crippen LogP contribution in [0.5, 0.6) is 0 Å². The number of rotatable bonds is 3. The van der Waals surface area contributed by atoms with Crippen molar-refractivity contribution in [2.24, 2.45) is 5.73 Å². The average molecular weight is 244 g/mol. The summed E-state index contributed by atoms with van der Waals surface area (Å²) in [6.45, 7) is 8.58. The van der Waals surface area contributed by atoms with Gasteiger partial charge in [0.1, 0.15) is 0 Å². The molecule has 0 radical (unpaired) electrons. The monoisotopic (exact) mass is 244 g/mol. The van der Waals surface area contributed by atoms with Crippen molar-refractivity contribution in [3.8, 4) is 0 Å². The fourth-order valence-corrected chi connectivity index (χ4v) is 2.65. The van der Waals surface area contributed by atoms with E-state index < -0.39 is 0 Å². The highest BCUT2D eigenvalue weighted by molar-refractivity contribution is 5.26. The summed E-state index contributed by atoms with van der Waals surface area (Å²) in [5.41, 5.74) is 10.3. The minimum absolute atomic E-state index is 0.152. The lowest BCUT2D eigenvalue weighted by Crippen LogP contribution is -2.41. The molecular formula is C16H24N2. The Morgan fingerprint density at radius 1 is 1.17 bits per heavy atom. The molecule has 1 heterocycles. The Morgan fingerprint density at radius 3 is 2.33 bits per heavy atom. The molecule has 2 unspecified atom stereocenters. The van der Waals surface area contributed by atoms with Crippen LogP contribution in [0.4, 0.5) is 0 Å². The van der Waals surface area contributed by atoms with Gasteiger partial charge in [0.15, 0.2) is 0 Å². The standard InChI is InChI=1S/C16H24N2/c1-12-4-6-15(7-5-12)16(14(3)17)18-10-8-13(2)9-11-18/h4-8,14,16H,9-11,17H2,1-3H3. The van der Waals surface area contributed by atoms with Gasteiger partial charge in [0.2, 0.25) is 0 Å². The van der Waals surface area contributed by atoms with Crippen molar-refractivity contribution in [3.05, 3.63) is 47.0 Å². The van der Waals surface area contributed by atoms with Crippen LogP contribution in [0.3, 0.4) is 0 Å². The Kier molecular flexibility index (Phi) is 4.20. The molecule has 0 fully saturated rings. The van der Waals surface area contributed by atoms with Gasteiger partial charge >= 0.3 is 0 Å². The minimum atomic E-state index is 0.152. The molecule has 18 heavy (non-hydrogen) atoms. The van der Waals surface area contributed by atoms with Crippen molar-refractivity contribution in [2.75, 3.05) is 13.1 Å². The van der Waals surface area contributed by atoms with E-state index in [4.69, 9.17) is 5.73 Å². The molecule has 0 amide bonds. The molecule has 0 saturated carbocycles. The summed E-state index contributed by atoms with van der Waals surface area (Å²) in [7, 11) is 0. The van der Waals surface area contributed by atoms with E-state index in [9.17, 15) is 0 Å². The number of hydrogen-bond acceptors (Lipinski definition) is 2. The topological polar surface area (TPSA) is 29.3 Å². The van der Waals surface area contributed by atoms with E-state index in [-0.39, 0.29) is 6.04 Å². The largest absolute Gasteiger partial charge is 0.326 e. The second kappa shape index (κ2) is 5.68. The maximum atomic E-state index is 6.21. The van der Waals surface area contributed by atoms with Crippen molar-refractivity contribution in [1.82, 2.24) is 4.90 Å². The van der Waals surface area contributed by atoms with Crippen LogP contribution in [-0.2, 0) is 0 Å². The predicted molar refractivity (Wildman–Crippen MR) is 77.5 cm³/mol. The van der Waals surface area contributed by atoms with E-state index in [1.54, 1.807) is 0 Å². The van der Waals surface area contributed by atoms with Gasteiger partial charge in [-0.3, -0.25) is 4.90 Å². The van der Waals surface area contributed by atoms with E-state index in [2.05, 4.69) is 56.0 Å². The van der Waals surface area contributed by atoms with E-state index in [1.165, 1.54) is 16.7 Å². The summed E-state index contributed by atoms with van der Waals surface area (Å²) in [5.74, 6) is 0. The van der Waals surface area contributed by atoms with Gasteiger partial charge in [-0.15, -0.1) is 0 Å². The molecule has 2 rings (SSSR count). The maximum absolute atomic E-state index is 6.21. The van der Waals surface area contributed by atoms with Crippen LogP contribution in [0.15, 0.2) is 35.9 Å². The molecule has 2 nitrogen and oxygen atoms in total. The van der Waals surface area contributed by atoms with E-state index >= 15 is 0 Å². The molecule has 2 N–H and O–H groups in total. The molecule has 1 aromatic carbocycles. The van der Waals surface area contributed by atoms with Crippen LogP contribution in [0.2, 0.25) is 0 Å². The summed E-state index contributed by atoms with van der Waals surface area (Å²) in [4.78, 5) is 2.49. The van der Waals surface area contributed by atoms with Crippen LogP contribution in [0.1, 0.15) is 37.4 Å². The molecule has 1 aliphatic heterocycles. The fourth-order valence-electron chi connectivity index (χ4n) is 2.65. The smallest absolute Gasteiger partial charge is 0.0499 e. The van der Waals surface area contributed by atoms with Crippen molar-refractivity contribution in [2.45, 2.75) is 39.3 Å². The third-order valence-corrected chi connectivity index (χ3v) is 3.78. The lowest BCUT2D eigenvalue weighted by atomic mass is 9.96. The molecule has 0 aliphatic carbocycles. The maximum Gasteiger partial charge on any atom is 0.0499 e. The van der Waals surface area contributed by atoms with Crippen LogP contribution in [-0.4, -0.2) is 24.0 Å². The number of nitrogens with zero attached hydrogens (tertiary/aromatic N) is 1. The first kappa shape index (κ1) is 13.3. The quantitative estimate of drug-likeness (QED) is 0.828. The van der Waals surface area contributed by atoms with Gasteiger partial charge in [-0.25, -0.2) is 0 Å². The van der Waals surface area contributed by atoms with Crippen molar-refractivity contribution in [1.29, 1.82) is 0 Å². The van der Waals surface area contributed by atoms with Crippen LogP contribution in [0.25, 0.3) is 0 Å². The third-order valence-electron chi connectivity index (χ3n) is 3.78. The molecular weight excluding hydrogens is 220 g/mol. The van der Waals surface area contributed by atoms with Gasteiger partial charge in [0, 0.05) is 25.2 Å². The predicted octanol–water partition coefficient (Wildman–Crippen LogP) is 3.04. The van der Waals surface area contributed by atoms with Gasteiger partial charge in [0.25, 0.3) is 0 Å². The average Bonchev–Trinajstić information content (AvgIpc) is 2.34. The molecule has 98 valence electrons. The van der Waals surface area contributed by atoms with Gasteiger partial charge in [-0.05, 0) is 32.8 Å². The first-order valence-electron chi connectivity index (χ1n) is 6.80. The van der Waals surface area contributed by atoms with Crippen LogP contribution in [0, 0.1) is 6.92 Å². The Bertz CT molecular complexity index is 417. The number of aryl methyl sites for hydroxylation is 1. The Morgan fingerprint density at radius 2 is 1.83 bits per heavy atom. The van der Waals surface area contributed by atoms with Gasteiger partial charge in [-0.2, -0.15) is 0 Å². The second-order valence-electron chi connectivity index (χ2n) is 5.51. The third kappa shape index (κ3) is 3.01. The summed E-state index contributed by atoms with van der Waals surface area (Å²) in [6.07, 6.45) is 3.49. The normalized spacial score (nSPS) is 20.3. The van der Waals surface area contributed by atoms with Gasteiger partial charge < -0.3 is 5.73 Å². The lowest BCUT2D eigenvalue weighted by Gasteiger charge is -2.36. The van der Waals surface area contributed by atoms with Crippen molar-refractivity contribution >= 4 is 0 Å². The zero-order valence-electron chi connectivity index (χ0n) is 11.7. The van der Waals surface area contributed by atoms with Crippen molar-refractivity contribution < 1.29 is 0 Å². The molecule has 0 aromatic heterocycles. The second-order valence-corrected chi connectivity index (χ2v) is 5.51. The number of hydrogen-bond donors (Lipinski definition) is 1.